The second-order valence-corrected chi connectivity index (χ2v) is 20.4. The van der Waals surface area contributed by atoms with E-state index < -0.39 is 107 Å². The summed E-state index contributed by atoms with van der Waals surface area (Å²) in [6, 6.07) is 0. The number of allylic oxidation sites excluding steroid dienone is 7. The Morgan fingerprint density at radius 3 is 2.14 bits per heavy atom. The van der Waals surface area contributed by atoms with Crippen LogP contribution in [0.5, 0.6) is 0 Å². The minimum absolute atomic E-state index is 0.0321. The molecule has 1 unspecified atom stereocenters. The Labute approximate surface area is 408 Å². The lowest BCUT2D eigenvalue weighted by molar-refractivity contribution is -0.163. The maximum Gasteiger partial charge on any atom is 0.472 e. The number of ether oxygens (including phenoxy) is 2. The fourth-order valence-corrected chi connectivity index (χ4v) is 9.31. The van der Waals surface area contributed by atoms with Crippen LogP contribution in [0.25, 0.3) is 0 Å². The number of aliphatic hydroxyl groups is 5. The Hall–Kier alpha value is -2.67. The molecule has 0 saturated carbocycles. The maximum absolute atomic E-state index is 13.8. The van der Waals surface area contributed by atoms with Crippen LogP contribution in [0, 0.1) is 11.8 Å². The zero-order valence-corrected chi connectivity index (χ0v) is 42.4. The minimum atomic E-state index is -5.76. The number of hydrogen-bond donors (Lipinski definition) is 8. The third-order valence-corrected chi connectivity index (χ3v) is 13.3. The minimum Gasteiger partial charge on any atom is -0.462 e. The first-order valence-corrected chi connectivity index (χ1v) is 27.9. The average Bonchev–Trinajstić information content (AvgIpc) is 3.30. The van der Waals surface area contributed by atoms with E-state index >= 15 is 0 Å². The SMILES string of the molecule is CCCCC/C=C\C/C=C\CCCCCCCCCC(=O)O[C@@H]1COC(=O)CCC/C=C\C[C@H]2/C=C\C(=O)[C@H](C=C[C@@H](O)CCCCC)[C@@H](O)[C@@H](OP(=O)(O)O)[C@@H](OP(=O)(O)OC1)[C@H](O)[C@@H](O)[C@@H]2O. The summed E-state index contributed by atoms with van der Waals surface area (Å²) in [6.07, 6.45) is 15.4. The van der Waals surface area contributed by atoms with Crippen LogP contribution < -0.4 is 0 Å². The molecule has 0 aromatic rings. The molecule has 0 saturated heterocycles. The summed E-state index contributed by atoms with van der Waals surface area (Å²) < 4.78 is 52.2. The van der Waals surface area contributed by atoms with E-state index in [-0.39, 0.29) is 25.7 Å². The molecule has 0 aromatic heterocycles. The molecule has 2 bridgehead atoms. The summed E-state index contributed by atoms with van der Waals surface area (Å²) in [5.41, 5.74) is 0. The van der Waals surface area contributed by atoms with Crippen molar-refractivity contribution in [2.45, 2.75) is 204 Å². The summed E-state index contributed by atoms with van der Waals surface area (Å²) in [7, 11) is -11.4. The van der Waals surface area contributed by atoms with E-state index in [0.29, 0.717) is 25.7 Å². The number of ketones is 1. The lowest BCUT2D eigenvalue weighted by atomic mass is 9.87. The molecule has 69 heavy (non-hydrogen) atoms. The van der Waals surface area contributed by atoms with Crippen molar-refractivity contribution in [1.29, 1.82) is 0 Å². The molecular weight excluding hydrogens is 938 g/mol. The molecule has 0 radical (unpaired) electrons. The Kier molecular flexibility index (Phi) is 32.1. The lowest BCUT2D eigenvalue weighted by Gasteiger charge is -2.38. The summed E-state index contributed by atoms with van der Waals surface area (Å²) in [6.45, 7) is 2.57. The molecule has 20 heteroatoms. The molecule has 1 aliphatic heterocycles. The van der Waals surface area contributed by atoms with Crippen molar-refractivity contribution < 1.29 is 86.8 Å². The third-order valence-electron chi connectivity index (χ3n) is 11.8. The summed E-state index contributed by atoms with van der Waals surface area (Å²) >= 11 is 0. The van der Waals surface area contributed by atoms with Gasteiger partial charge in [-0.2, -0.15) is 0 Å². The molecule has 0 spiro atoms. The Balaban J connectivity index is 2.27. The second-order valence-electron chi connectivity index (χ2n) is 17.8. The van der Waals surface area contributed by atoms with Gasteiger partial charge in [0.2, 0.25) is 0 Å². The highest BCUT2D eigenvalue weighted by molar-refractivity contribution is 7.47. The van der Waals surface area contributed by atoms with Crippen LogP contribution in [0.3, 0.4) is 0 Å². The smallest absolute Gasteiger partial charge is 0.462 e. The van der Waals surface area contributed by atoms with E-state index in [9.17, 15) is 63.7 Å². The van der Waals surface area contributed by atoms with Crippen molar-refractivity contribution in [1.82, 2.24) is 0 Å². The van der Waals surface area contributed by atoms with Crippen molar-refractivity contribution in [2.75, 3.05) is 13.2 Å². The van der Waals surface area contributed by atoms with Crippen LogP contribution in [-0.2, 0) is 46.6 Å². The van der Waals surface area contributed by atoms with Gasteiger partial charge < -0.3 is 49.7 Å². The molecule has 1 heterocycles. The normalized spacial score (nSPS) is 29.9. The molecule has 18 nitrogen and oxygen atoms in total. The topological polar surface area (TPSA) is 293 Å². The summed E-state index contributed by atoms with van der Waals surface area (Å²) in [5, 5.41) is 56.6. The largest absolute Gasteiger partial charge is 0.472 e. The van der Waals surface area contributed by atoms with E-state index in [1.807, 2.05) is 6.92 Å². The molecule has 11 atom stereocenters. The average molecular weight is 1020 g/mol. The van der Waals surface area contributed by atoms with Crippen LogP contribution in [-0.4, -0.2) is 120 Å². The van der Waals surface area contributed by atoms with Crippen LogP contribution >= 0.6 is 15.6 Å². The summed E-state index contributed by atoms with van der Waals surface area (Å²) in [4.78, 5) is 70.5. The van der Waals surface area contributed by atoms with Crippen LogP contribution in [0.15, 0.2) is 60.8 Å². The first-order chi connectivity index (χ1) is 32.9. The fraction of sp³-hybridized carbons (Fsp3) is 0.735. The van der Waals surface area contributed by atoms with Gasteiger partial charge in [-0.3, -0.25) is 28.0 Å². The highest BCUT2D eigenvalue weighted by Gasteiger charge is 2.50. The third kappa shape index (κ3) is 27.7. The molecule has 396 valence electrons. The number of aliphatic hydroxyl groups excluding tert-OH is 5. The van der Waals surface area contributed by atoms with Crippen molar-refractivity contribution >= 4 is 33.4 Å². The van der Waals surface area contributed by atoms with Gasteiger partial charge in [-0.1, -0.05) is 133 Å². The number of rotatable bonds is 25. The van der Waals surface area contributed by atoms with E-state index in [1.165, 1.54) is 31.4 Å². The number of carbonyl (C=O) groups is 3. The maximum atomic E-state index is 13.8. The Morgan fingerprint density at radius 1 is 0.841 bits per heavy atom. The molecular formula is C49H82O18P2. The van der Waals surface area contributed by atoms with Crippen LogP contribution in [0.2, 0.25) is 0 Å². The number of phosphoric ester groups is 2. The van der Waals surface area contributed by atoms with E-state index in [4.69, 9.17) is 23.0 Å². The quantitative estimate of drug-likeness (QED) is 0.0190. The number of hydrogen-bond acceptors (Lipinski definition) is 15. The van der Waals surface area contributed by atoms with Gasteiger partial charge in [0.15, 0.2) is 11.9 Å². The van der Waals surface area contributed by atoms with Gasteiger partial charge in [0.25, 0.3) is 0 Å². The monoisotopic (exact) mass is 1020 g/mol. The second kappa shape index (κ2) is 35.4. The first-order valence-electron chi connectivity index (χ1n) is 24.9. The van der Waals surface area contributed by atoms with E-state index in [0.717, 1.165) is 82.8 Å². The van der Waals surface area contributed by atoms with Crippen molar-refractivity contribution in [3.8, 4) is 0 Å². The standard InChI is InChI=1S/C49H82O18P2/c1-3-5-7-8-9-10-11-12-13-14-15-16-17-18-19-20-26-30-43(53)65-39-35-63-42(52)29-25-22-21-24-27-37-31-34-41(51)40(33-32-38(50)28-23-6-4-2)45(55)48(66-68(58,59)60)49(47(57)46(56)44(37)54)67-69(61,62)64-36-39/h9-10,12-13,21,24,31-34,37-40,44-50,54-57H,3-8,11,14-20,22-23,25-30,35-36H2,1-2H3,(H,61,62)(H2,58,59,60)/b10-9-,13-12-,24-21-,33-32?,34-31-/t37-,38-,39+,40-,44+,45+,46-,47+,48+,49-/m0/s1. The van der Waals surface area contributed by atoms with E-state index in [2.05, 4.69) is 31.2 Å². The van der Waals surface area contributed by atoms with Gasteiger partial charge in [-0.25, -0.2) is 9.13 Å². The van der Waals surface area contributed by atoms with E-state index in [1.54, 1.807) is 12.2 Å². The first kappa shape index (κ1) is 62.4. The van der Waals surface area contributed by atoms with Crippen LogP contribution in [0.1, 0.15) is 155 Å². The highest BCUT2D eigenvalue weighted by atomic mass is 31.2. The number of phosphoric acid groups is 2. The Bertz CT molecular complexity index is 1710. The number of esters is 2. The molecule has 0 fully saturated rings. The van der Waals surface area contributed by atoms with Gasteiger partial charge in [0.1, 0.15) is 31.0 Å². The fourth-order valence-electron chi connectivity index (χ4n) is 7.78. The van der Waals surface area contributed by atoms with Crippen molar-refractivity contribution in [2.24, 2.45) is 11.8 Å². The molecule has 2 rings (SSSR count). The zero-order valence-electron chi connectivity index (χ0n) is 40.6. The number of unbranched alkanes of at least 4 members (excludes halogenated alkanes) is 12. The van der Waals surface area contributed by atoms with Gasteiger partial charge in [0.05, 0.1) is 30.8 Å². The predicted molar refractivity (Wildman–Crippen MR) is 259 cm³/mol. The van der Waals surface area contributed by atoms with Gasteiger partial charge in [-0.15, -0.1) is 0 Å². The van der Waals surface area contributed by atoms with Gasteiger partial charge in [0, 0.05) is 18.8 Å². The highest BCUT2D eigenvalue weighted by Crippen LogP contribution is 2.49. The number of carbonyl (C=O) groups excluding carboxylic acids is 3. The Morgan fingerprint density at radius 2 is 1.48 bits per heavy atom. The zero-order chi connectivity index (χ0) is 51.1. The number of fused-ring (bicyclic) bond motifs is 4. The van der Waals surface area contributed by atoms with Crippen LogP contribution in [0.4, 0.5) is 0 Å². The molecule has 2 aliphatic rings. The summed E-state index contributed by atoms with van der Waals surface area (Å²) in [5.74, 6) is -5.32. The predicted octanol–water partition coefficient (Wildman–Crippen LogP) is 7.46. The van der Waals surface area contributed by atoms with Gasteiger partial charge in [-0.05, 0) is 70.3 Å². The lowest BCUT2D eigenvalue weighted by Crippen LogP contribution is -2.56. The molecule has 0 amide bonds. The molecule has 8 N–H and O–H groups in total. The van der Waals surface area contributed by atoms with Crippen molar-refractivity contribution in [3.05, 3.63) is 60.8 Å². The van der Waals surface area contributed by atoms with Gasteiger partial charge >= 0.3 is 27.6 Å². The molecule has 0 aromatic carbocycles. The van der Waals surface area contributed by atoms with Crippen molar-refractivity contribution in [3.63, 3.8) is 0 Å². The number of cyclic esters (lactones) is 1. The molecule has 1 aliphatic carbocycles.